The van der Waals surface area contributed by atoms with Crippen LogP contribution in [0.2, 0.25) is 0 Å². The normalized spacial score (nSPS) is 13.5. The molecule has 2 unspecified atom stereocenters. The first-order valence-corrected chi connectivity index (χ1v) is 5.23. The van der Waals surface area contributed by atoms with Crippen LogP contribution in [0.25, 0.3) is 0 Å². The molecule has 0 aliphatic rings. The van der Waals surface area contributed by atoms with E-state index in [1.54, 1.807) is 0 Å². The molecule has 0 aromatic rings. The van der Waals surface area contributed by atoms with Gasteiger partial charge in [-0.3, -0.25) is 0 Å². The Bertz CT molecular complexity index is 61.7. The summed E-state index contributed by atoms with van der Waals surface area (Å²) in [5.41, 5.74) is 0.886. The quantitative estimate of drug-likeness (QED) is 0.411. The largest absolute Gasteiger partial charge is 0.134 e. The molecule has 62 valence electrons. The summed E-state index contributed by atoms with van der Waals surface area (Å²) >= 11 is 0. The van der Waals surface area contributed by atoms with E-state index in [4.69, 9.17) is 0 Å². The first-order valence-electron chi connectivity index (χ1n) is 4.56. The lowest BCUT2D eigenvalue weighted by atomic mass is 10.1. The molecule has 0 amide bonds. The Morgan fingerprint density at radius 2 is 1.70 bits per heavy atom. The summed E-state index contributed by atoms with van der Waals surface area (Å²) in [5, 5.41) is 0. The fourth-order valence-corrected chi connectivity index (χ4v) is 1.74. The molecule has 1 heteroatoms. The van der Waals surface area contributed by atoms with Gasteiger partial charge in [0.25, 0.3) is 0 Å². The average molecular weight is 160 g/mol. The standard InChI is InChI=1S/C9H21P/c1-3-5-6-8-9(10)7-4-2/h9H,3-8,10H2,1-2H3. The van der Waals surface area contributed by atoms with Crippen LogP contribution in [0, 0.1) is 0 Å². The van der Waals surface area contributed by atoms with Crippen LogP contribution in [-0.4, -0.2) is 5.66 Å². The zero-order chi connectivity index (χ0) is 7.82. The van der Waals surface area contributed by atoms with Crippen LogP contribution < -0.4 is 0 Å². The average Bonchev–Trinajstić information content (AvgIpc) is 1.89. The molecular formula is C9H21P. The molecule has 2 atom stereocenters. The Kier molecular flexibility index (Phi) is 7.86. The smallest absolute Gasteiger partial charge is 0.0264 e. The highest BCUT2D eigenvalue weighted by Gasteiger charge is 1.98. The third kappa shape index (κ3) is 6.55. The zero-order valence-corrected chi connectivity index (χ0v) is 8.55. The van der Waals surface area contributed by atoms with E-state index < -0.39 is 0 Å². The van der Waals surface area contributed by atoms with Gasteiger partial charge in [-0.15, -0.1) is 9.24 Å². The van der Waals surface area contributed by atoms with Crippen LogP contribution in [-0.2, 0) is 0 Å². The van der Waals surface area contributed by atoms with Gasteiger partial charge in [-0.2, -0.15) is 0 Å². The molecular weight excluding hydrogens is 139 g/mol. The van der Waals surface area contributed by atoms with Crippen molar-refractivity contribution in [1.29, 1.82) is 0 Å². The summed E-state index contributed by atoms with van der Waals surface area (Å²) in [7, 11) is 2.95. The van der Waals surface area contributed by atoms with E-state index in [2.05, 4.69) is 23.1 Å². The fraction of sp³-hybridized carbons (Fsp3) is 1.00. The van der Waals surface area contributed by atoms with Crippen LogP contribution in [0.5, 0.6) is 0 Å². The van der Waals surface area contributed by atoms with Crippen molar-refractivity contribution in [1.82, 2.24) is 0 Å². The summed E-state index contributed by atoms with van der Waals surface area (Å²) < 4.78 is 0. The molecule has 0 heterocycles. The minimum absolute atomic E-state index is 0.886. The minimum atomic E-state index is 0.886. The Morgan fingerprint density at radius 1 is 1.00 bits per heavy atom. The van der Waals surface area contributed by atoms with E-state index in [1.165, 1.54) is 38.5 Å². The molecule has 0 aliphatic carbocycles. The molecule has 0 aromatic carbocycles. The number of hydrogen-bond acceptors (Lipinski definition) is 0. The van der Waals surface area contributed by atoms with Crippen LogP contribution in [0.3, 0.4) is 0 Å². The van der Waals surface area contributed by atoms with E-state index >= 15 is 0 Å². The van der Waals surface area contributed by atoms with Crippen LogP contribution in [0.15, 0.2) is 0 Å². The van der Waals surface area contributed by atoms with Gasteiger partial charge in [0.15, 0.2) is 0 Å². The van der Waals surface area contributed by atoms with Crippen LogP contribution >= 0.6 is 9.24 Å². The summed E-state index contributed by atoms with van der Waals surface area (Å²) in [6.45, 7) is 4.52. The van der Waals surface area contributed by atoms with Gasteiger partial charge in [0, 0.05) is 0 Å². The molecule has 0 rings (SSSR count). The van der Waals surface area contributed by atoms with Crippen molar-refractivity contribution in [2.45, 2.75) is 58.0 Å². The molecule has 0 bridgehead atoms. The molecule has 10 heavy (non-hydrogen) atoms. The summed E-state index contributed by atoms with van der Waals surface area (Å²) in [6.07, 6.45) is 8.31. The van der Waals surface area contributed by atoms with Crippen molar-refractivity contribution in [2.24, 2.45) is 0 Å². The second-order valence-electron chi connectivity index (χ2n) is 3.04. The molecule has 0 spiro atoms. The van der Waals surface area contributed by atoms with Crippen molar-refractivity contribution >= 4 is 9.24 Å². The minimum Gasteiger partial charge on any atom is -0.134 e. The maximum Gasteiger partial charge on any atom is -0.0264 e. The maximum atomic E-state index is 2.95. The van der Waals surface area contributed by atoms with Crippen molar-refractivity contribution in [3.63, 3.8) is 0 Å². The van der Waals surface area contributed by atoms with Crippen LogP contribution in [0.4, 0.5) is 0 Å². The van der Waals surface area contributed by atoms with Crippen molar-refractivity contribution < 1.29 is 0 Å². The lowest BCUT2D eigenvalue weighted by Gasteiger charge is -2.07. The number of hydrogen-bond donors (Lipinski definition) is 0. The van der Waals surface area contributed by atoms with Gasteiger partial charge >= 0.3 is 0 Å². The lowest BCUT2D eigenvalue weighted by Crippen LogP contribution is -1.95. The molecule has 0 N–H and O–H groups in total. The fourth-order valence-electron chi connectivity index (χ4n) is 1.17. The van der Waals surface area contributed by atoms with Crippen molar-refractivity contribution in [3.05, 3.63) is 0 Å². The van der Waals surface area contributed by atoms with Gasteiger partial charge in [0.1, 0.15) is 0 Å². The number of unbranched alkanes of at least 4 members (excludes halogenated alkanes) is 2. The highest BCUT2D eigenvalue weighted by Crippen LogP contribution is 2.15. The second-order valence-corrected chi connectivity index (χ2v) is 3.99. The third-order valence-electron chi connectivity index (χ3n) is 1.84. The summed E-state index contributed by atoms with van der Waals surface area (Å²) in [4.78, 5) is 0. The predicted octanol–water partition coefficient (Wildman–Crippen LogP) is 3.61. The van der Waals surface area contributed by atoms with Gasteiger partial charge in [-0.1, -0.05) is 39.5 Å². The Morgan fingerprint density at radius 3 is 2.20 bits per heavy atom. The molecule has 0 aromatic heterocycles. The molecule has 0 aliphatic heterocycles. The molecule has 0 nitrogen and oxygen atoms in total. The van der Waals surface area contributed by atoms with Gasteiger partial charge in [-0.05, 0) is 18.5 Å². The molecule has 0 radical (unpaired) electrons. The van der Waals surface area contributed by atoms with E-state index in [0.717, 1.165) is 5.66 Å². The topological polar surface area (TPSA) is 0 Å². The summed E-state index contributed by atoms with van der Waals surface area (Å²) in [6, 6.07) is 0. The SMILES string of the molecule is CCCCCC(P)CCC. The van der Waals surface area contributed by atoms with Crippen molar-refractivity contribution in [3.8, 4) is 0 Å². The Labute approximate surface area is 68.0 Å². The Hall–Kier alpha value is 0.430. The van der Waals surface area contributed by atoms with E-state index in [0.29, 0.717) is 0 Å². The summed E-state index contributed by atoms with van der Waals surface area (Å²) in [5.74, 6) is 0. The predicted molar refractivity (Wildman–Crippen MR) is 52.5 cm³/mol. The van der Waals surface area contributed by atoms with Gasteiger partial charge in [0.2, 0.25) is 0 Å². The molecule has 0 saturated heterocycles. The monoisotopic (exact) mass is 160 g/mol. The lowest BCUT2D eigenvalue weighted by molar-refractivity contribution is 0.614. The number of rotatable bonds is 6. The van der Waals surface area contributed by atoms with E-state index in [1.807, 2.05) is 0 Å². The first kappa shape index (κ1) is 10.4. The second kappa shape index (κ2) is 7.54. The first-order chi connectivity index (χ1) is 4.81. The van der Waals surface area contributed by atoms with E-state index in [-0.39, 0.29) is 0 Å². The molecule has 0 saturated carbocycles. The van der Waals surface area contributed by atoms with E-state index in [9.17, 15) is 0 Å². The van der Waals surface area contributed by atoms with Crippen molar-refractivity contribution in [2.75, 3.05) is 0 Å². The highest BCUT2D eigenvalue weighted by molar-refractivity contribution is 7.17. The molecule has 0 fully saturated rings. The van der Waals surface area contributed by atoms with Gasteiger partial charge in [0.05, 0.1) is 0 Å². The van der Waals surface area contributed by atoms with Gasteiger partial charge in [-0.25, -0.2) is 0 Å². The maximum absolute atomic E-state index is 2.95. The zero-order valence-electron chi connectivity index (χ0n) is 7.40. The third-order valence-corrected chi connectivity index (χ3v) is 2.50. The van der Waals surface area contributed by atoms with Crippen LogP contribution in [0.1, 0.15) is 52.4 Å². The van der Waals surface area contributed by atoms with Gasteiger partial charge < -0.3 is 0 Å². The Balaban J connectivity index is 2.97. The highest BCUT2D eigenvalue weighted by atomic mass is 31.0.